The van der Waals surface area contributed by atoms with Crippen molar-refractivity contribution in [2.45, 2.75) is 5.41 Å². The molecule has 0 unspecified atom stereocenters. The van der Waals surface area contributed by atoms with Gasteiger partial charge in [-0.05, 0) is 127 Å². The van der Waals surface area contributed by atoms with E-state index in [1.165, 1.54) is 121 Å². The second-order valence-electron chi connectivity index (χ2n) is 15.0. The highest BCUT2D eigenvalue weighted by molar-refractivity contribution is 6.22. The van der Waals surface area contributed by atoms with E-state index in [1.807, 2.05) is 0 Å². The standard InChI is InChI=1S/C53H30/c1-2-13-36-35(12-1)42-21-11-20-41-33(28-29-44(36)49(41)42)31-24-26-34-32(30-31)25-27-46-50-43-18-5-3-14-37(43)38-15-4-6-19-45(38)52(50)53(51(34)46)47-22-9-7-16-39(47)40-17-8-10-23-48(40)53/h1-30H. The van der Waals surface area contributed by atoms with E-state index in [9.17, 15) is 0 Å². The Hall–Kier alpha value is -6.76. The summed E-state index contributed by atoms with van der Waals surface area (Å²) < 4.78 is 0. The summed E-state index contributed by atoms with van der Waals surface area (Å²) >= 11 is 0. The predicted molar refractivity (Wildman–Crippen MR) is 223 cm³/mol. The Labute approximate surface area is 307 Å². The quantitative estimate of drug-likeness (QED) is 0.153. The molecule has 3 aliphatic carbocycles. The van der Waals surface area contributed by atoms with E-state index in [0.717, 1.165) is 0 Å². The molecular weight excluding hydrogens is 637 g/mol. The van der Waals surface area contributed by atoms with Crippen LogP contribution in [0.2, 0.25) is 0 Å². The topological polar surface area (TPSA) is 0 Å². The molecule has 0 aliphatic heterocycles. The molecule has 0 heteroatoms. The molecule has 13 rings (SSSR count). The zero-order chi connectivity index (χ0) is 34.4. The average molecular weight is 667 g/mol. The first-order valence-electron chi connectivity index (χ1n) is 18.7. The van der Waals surface area contributed by atoms with Gasteiger partial charge in [0.25, 0.3) is 0 Å². The third-order valence-corrected chi connectivity index (χ3v) is 12.8. The third kappa shape index (κ3) is 3.25. The summed E-state index contributed by atoms with van der Waals surface area (Å²) in [6.45, 7) is 0. The van der Waals surface area contributed by atoms with Gasteiger partial charge in [-0.3, -0.25) is 0 Å². The lowest BCUT2D eigenvalue weighted by Crippen LogP contribution is -2.26. The minimum absolute atomic E-state index is 0.462. The van der Waals surface area contributed by atoms with E-state index in [4.69, 9.17) is 0 Å². The highest BCUT2D eigenvalue weighted by atomic mass is 14.5. The predicted octanol–water partition coefficient (Wildman–Crippen LogP) is 14.0. The summed E-state index contributed by atoms with van der Waals surface area (Å²) in [6, 6.07) is 68.9. The van der Waals surface area contributed by atoms with Crippen molar-refractivity contribution in [2.24, 2.45) is 0 Å². The Morgan fingerprint density at radius 1 is 0.283 bits per heavy atom. The molecule has 53 heavy (non-hydrogen) atoms. The number of hydrogen-bond acceptors (Lipinski definition) is 0. The van der Waals surface area contributed by atoms with Crippen molar-refractivity contribution in [2.75, 3.05) is 0 Å². The van der Waals surface area contributed by atoms with Gasteiger partial charge in [0, 0.05) is 0 Å². The molecule has 0 aromatic heterocycles. The average Bonchev–Trinajstić information content (AvgIpc) is 3.84. The van der Waals surface area contributed by atoms with Crippen LogP contribution >= 0.6 is 0 Å². The normalized spacial score (nSPS) is 13.8. The molecule has 1 spiro atoms. The first kappa shape index (κ1) is 27.9. The highest BCUT2D eigenvalue weighted by Crippen LogP contribution is 2.66. The second kappa shape index (κ2) is 9.76. The van der Waals surface area contributed by atoms with Crippen LogP contribution in [0.5, 0.6) is 0 Å². The molecule has 0 saturated heterocycles. The van der Waals surface area contributed by atoms with E-state index in [2.05, 4.69) is 182 Å². The zero-order valence-corrected chi connectivity index (χ0v) is 28.8. The van der Waals surface area contributed by atoms with Gasteiger partial charge in [-0.15, -0.1) is 0 Å². The van der Waals surface area contributed by atoms with Crippen molar-refractivity contribution in [1.82, 2.24) is 0 Å². The molecule has 242 valence electrons. The largest absolute Gasteiger partial charge is 0.0737 e. The van der Waals surface area contributed by atoms with Crippen LogP contribution < -0.4 is 0 Å². The molecule has 0 radical (unpaired) electrons. The third-order valence-electron chi connectivity index (χ3n) is 12.8. The van der Waals surface area contributed by atoms with Crippen LogP contribution in [0.25, 0.3) is 98.7 Å². The monoisotopic (exact) mass is 666 g/mol. The van der Waals surface area contributed by atoms with Crippen molar-refractivity contribution in [3.05, 3.63) is 204 Å². The second-order valence-corrected chi connectivity index (χ2v) is 15.0. The molecule has 10 aromatic rings. The van der Waals surface area contributed by atoms with Crippen LogP contribution in [0.15, 0.2) is 182 Å². The lowest BCUT2D eigenvalue weighted by molar-refractivity contribution is 0.809. The maximum absolute atomic E-state index is 2.45. The van der Waals surface area contributed by atoms with Gasteiger partial charge in [0.2, 0.25) is 0 Å². The highest BCUT2D eigenvalue weighted by Gasteiger charge is 2.53. The number of benzene rings is 10. The molecule has 3 aliphatic rings. The Kier molecular flexibility index (Phi) is 5.14. The van der Waals surface area contributed by atoms with Crippen molar-refractivity contribution >= 4 is 43.1 Å². The van der Waals surface area contributed by atoms with E-state index < -0.39 is 5.41 Å². The van der Waals surface area contributed by atoms with Gasteiger partial charge in [-0.2, -0.15) is 0 Å². The molecule has 0 saturated carbocycles. The molecule has 10 aromatic carbocycles. The maximum Gasteiger partial charge on any atom is 0.0737 e. The molecule has 0 nitrogen and oxygen atoms in total. The Morgan fingerprint density at radius 2 is 0.811 bits per heavy atom. The van der Waals surface area contributed by atoms with Gasteiger partial charge in [0.05, 0.1) is 5.41 Å². The molecule has 0 atom stereocenters. The van der Waals surface area contributed by atoms with Gasteiger partial charge in [0.1, 0.15) is 0 Å². The Bertz CT molecular complexity index is 3210. The molecule has 0 N–H and O–H groups in total. The fourth-order valence-electron chi connectivity index (χ4n) is 10.9. The number of fused-ring (bicyclic) bond motifs is 20. The van der Waals surface area contributed by atoms with Gasteiger partial charge in [-0.1, -0.05) is 176 Å². The molecule has 0 heterocycles. The first-order valence-corrected chi connectivity index (χ1v) is 18.7. The smallest absolute Gasteiger partial charge is 0.0619 e. The van der Waals surface area contributed by atoms with E-state index >= 15 is 0 Å². The number of rotatable bonds is 1. The summed E-state index contributed by atoms with van der Waals surface area (Å²) in [5, 5.41) is 10.6. The Balaban J connectivity index is 1.15. The van der Waals surface area contributed by atoms with Gasteiger partial charge < -0.3 is 0 Å². The van der Waals surface area contributed by atoms with Crippen LogP contribution in [0.4, 0.5) is 0 Å². The van der Waals surface area contributed by atoms with Gasteiger partial charge in [0.15, 0.2) is 0 Å². The van der Waals surface area contributed by atoms with Crippen LogP contribution in [0.1, 0.15) is 22.3 Å². The number of hydrogen-bond donors (Lipinski definition) is 0. The van der Waals surface area contributed by atoms with Crippen LogP contribution in [0, 0.1) is 0 Å². The fraction of sp³-hybridized carbons (Fsp3) is 0.0189. The Morgan fingerprint density at radius 3 is 1.55 bits per heavy atom. The lowest BCUT2D eigenvalue weighted by atomic mass is 9.68. The van der Waals surface area contributed by atoms with Gasteiger partial charge >= 0.3 is 0 Å². The van der Waals surface area contributed by atoms with Crippen molar-refractivity contribution in [1.29, 1.82) is 0 Å². The minimum Gasteiger partial charge on any atom is -0.0619 e. The minimum atomic E-state index is -0.462. The first-order chi connectivity index (χ1) is 26.3. The van der Waals surface area contributed by atoms with Crippen LogP contribution in [-0.2, 0) is 5.41 Å². The van der Waals surface area contributed by atoms with Crippen molar-refractivity contribution in [3.63, 3.8) is 0 Å². The summed E-state index contributed by atoms with van der Waals surface area (Å²) in [5.74, 6) is 0. The van der Waals surface area contributed by atoms with Gasteiger partial charge in [-0.25, -0.2) is 0 Å². The van der Waals surface area contributed by atoms with Crippen LogP contribution in [-0.4, -0.2) is 0 Å². The van der Waals surface area contributed by atoms with Crippen LogP contribution in [0.3, 0.4) is 0 Å². The van der Waals surface area contributed by atoms with E-state index in [0.29, 0.717) is 0 Å². The summed E-state index contributed by atoms with van der Waals surface area (Å²) in [6.07, 6.45) is 0. The lowest BCUT2D eigenvalue weighted by Gasteiger charge is -2.32. The summed E-state index contributed by atoms with van der Waals surface area (Å²) in [5.41, 5.74) is 18.4. The van der Waals surface area contributed by atoms with Crippen molar-refractivity contribution < 1.29 is 0 Å². The SMILES string of the molecule is c1ccc2c(c1)-c1cccc3c(-c4ccc5c6c(ccc5c4)-c4c(c5ccccc5c5ccccc45)C64c5ccccc5-c5ccccc54)ccc-2c13. The van der Waals surface area contributed by atoms with E-state index in [-0.39, 0.29) is 0 Å². The fourth-order valence-corrected chi connectivity index (χ4v) is 10.9. The zero-order valence-electron chi connectivity index (χ0n) is 28.8. The molecule has 0 amide bonds. The summed E-state index contributed by atoms with van der Waals surface area (Å²) in [4.78, 5) is 0. The molecular formula is C53H30. The van der Waals surface area contributed by atoms with E-state index in [1.54, 1.807) is 0 Å². The molecule has 0 bridgehead atoms. The summed E-state index contributed by atoms with van der Waals surface area (Å²) in [7, 11) is 0. The molecule has 0 fully saturated rings. The maximum atomic E-state index is 2.45. The van der Waals surface area contributed by atoms with Crippen molar-refractivity contribution in [3.8, 4) is 55.6 Å².